The van der Waals surface area contributed by atoms with Gasteiger partial charge in [0.2, 0.25) is 6.35 Å². The zero-order chi connectivity index (χ0) is 24.7. The summed E-state index contributed by atoms with van der Waals surface area (Å²) in [6, 6.07) is 4.53. The number of hydrogen-bond donors (Lipinski definition) is 1. The quantitative estimate of drug-likeness (QED) is 0.571. The van der Waals surface area contributed by atoms with Crippen molar-refractivity contribution in [2.45, 2.75) is 38.8 Å². The van der Waals surface area contributed by atoms with Crippen molar-refractivity contribution in [1.82, 2.24) is 29.4 Å². The molecule has 0 spiro atoms. The lowest BCUT2D eigenvalue weighted by molar-refractivity contribution is -0.173. The number of nitrogens with zero attached hydrogens (tertiary/aromatic N) is 8. The van der Waals surface area contributed by atoms with E-state index in [1.807, 2.05) is 6.07 Å². The summed E-state index contributed by atoms with van der Waals surface area (Å²) in [6.07, 6.45) is 4.50. The van der Waals surface area contributed by atoms with Crippen molar-refractivity contribution < 1.29 is 18.6 Å². The van der Waals surface area contributed by atoms with E-state index in [0.717, 1.165) is 12.4 Å². The van der Waals surface area contributed by atoms with Gasteiger partial charge in [-0.25, -0.2) is 23.8 Å². The molecule has 12 heteroatoms. The van der Waals surface area contributed by atoms with Gasteiger partial charge in [0, 0.05) is 38.0 Å². The van der Waals surface area contributed by atoms with E-state index < -0.39 is 18.0 Å². The summed E-state index contributed by atoms with van der Waals surface area (Å²) in [6.45, 7) is 4.14. The number of hydrazone groups is 1. The SMILES string of the molecule is Cc1nc(C#N)c(C)n1-c1cc(OC2CN(C(O)N3N=CC[C@H]3c3cncc(F)c3)C2)c(F)cn1. The molecule has 3 aromatic heterocycles. The second kappa shape index (κ2) is 9.01. The number of aromatic nitrogens is 4. The van der Waals surface area contributed by atoms with Crippen molar-refractivity contribution in [3.8, 4) is 17.6 Å². The zero-order valence-electron chi connectivity index (χ0n) is 19.0. The van der Waals surface area contributed by atoms with E-state index >= 15 is 0 Å². The minimum absolute atomic E-state index is 0.0167. The number of halogens is 2. The van der Waals surface area contributed by atoms with E-state index in [2.05, 4.69) is 20.1 Å². The van der Waals surface area contributed by atoms with Gasteiger partial charge in [0.15, 0.2) is 17.3 Å². The van der Waals surface area contributed by atoms with Crippen LogP contribution in [0.15, 0.2) is 35.8 Å². The van der Waals surface area contributed by atoms with Crippen molar-refractivity contribution >= 4 is 6.21 Å². The summed E-state index contributed by atoms with van der Waals surface area (Å²) >= 11 is 0. The number of hydrogen-bond acceptors (Lipinski definition) is 9. The highest BCUT2D eigenvalue weighted by Gasteiger charge is 2.39. The Bertz CT molecular complexity index is 1330. The van der Waals surface area contributed by atoms with E-state index in [-0.39, 0.29) is 23.6 Å². The van der Waals surface area contributed by atoms with Gasteiger partial charge in [-0.15, -0.1) is 0 Å². The first-order chi connectivity index (χ1) is 16.9. The van der Waals surface area contributed by atoms with E-state index in [1.54, 1.807) is 35.7 Å². The van der Waals surface area contributed by atoms with Gasteiger partial charge in [-0.1, -0.05) is 0 Å². The van der Waals surface area contributed by atoms with Gasteiger partial charge < -0.3 is 9.84 Å². The first kappa shape index (κ1) is 22.8. The van der Waals surface area contributed by atoms with Gasteiger partial charge in [0.05, 0.1) is 24.1 Å². The molecular weight excluding hydrogens is 458 g/mol. The molecule has 5 rings (SSSR count). The number of aliphatic hydroxyl groups is 1. The number of rotatable bonds is 6. The van der Waals surface area contributed by atoms with Gasteiger partial charge in [0.1, 0.15) is 29.6 Å². The standard InChI is InChI=1S/C23H22F2N8O2/c1-13-19(7-26)30-14(2)32(13)22-6-21(18(25)10-28-22)35-17-11-31(12-17)23(34)33-20(3-4-29-33)15-5-16(24)9-27-8-15/h4-6,8-10,17,20,23,34H,3,11-12H2,1-2H3/t20-,23?/m0/s1. The number of pyridine rings is 2. The second-order valence-corrected chi connectivity index (χ2v) is 8.42. The summed E-state index contributed by atoms with van der Waals surface area (Å²) in [5.41, 5.74) is 1.49. The molecule has 3 aromatic rings. The number of likely N-dealkylation sites (tertiary alicyclic amines) is 1. The molecule has 35 heavy (non-hydrogen) atoms. The lowest BCUT2D eigenvalue weighted by Crippen LogP contribution is -2.61. The maximum absolute atomic E-state index is 14.5. The number of aliphatic hydroxyl groups excluding tert-OH is 1. The van der Waals surface area contributed by atoms with Crippen LogP contribution in [0.25, 0.3) is 5.82 Å². The molecule has 0 aromatic carbocycles. The summed E-state index contributed by atoms with van der Waals surface area (Å²) in [7, 11) is 0. The van der Waals surface area contributed by atoms with Crippen molar-refractivity contribution in [2.75, 3.05) is 13.1 Å². The number of ether oxygens (including phenoxy) is 1. The minimum atomic E-state index is -1.06. The molecule has 0 radical (unpaired) electrons. The van der Waals surface area contributed by atoms with Crippen molar-refractivity contribution in [3.05, 3.63) is 65.1 Å². The van der Waals surface area contributed by atoms with E-state index in [9.17, 15) is 19.1 Å². The van der Waals surface area contributed by atoms with Gasteiger partial charge in [0.25, 0.3) is 0 Å². The molecule has 0 saturated carbocycles. The maximum atomic E-state index is 14.5. The summed E-state index contributed by atoms with van der Waals surface area (Å²) in [4.78, 5) is 13.9. The maximum Gasteiger partial charge on any atom is 0.202 e. The summed E-state index contributed by atoms with van der Waals surface area (Å²) in [5.74, 6) is -0.115. The monoisotopic (exact) mass is 480 g/mol. The largest absolute Gasteiger partial charge is 0.484 e. The Kier molecular flexibility index (Phi) is 5.88. The van der Waals surface area contributed by atoms with Crippen LogP contribution in [-0.2, 0) is 0 Å². The van der Waals surface area contributed by atoms with Gasteiger partial charge in [-0.2, -0.15) is 10.4 Å². The molecule has 0 aliphatic carbocycles. The highest BCUT2D eigenvalue weighted by atomic mass is 19.1. The normalized spacial score (nSPS) is 19.0. The Morgan fingerprint density at radius 3 is 2.71 bits per heavy atom. The molecule has 2 aliphatic heterocycles. The highest BCUT2D eigenvalue weighted by molar-refractivity contribution is 5.60. The predicted molar refractivity (Wildman–Crippen MR) is 119 cm³/mol. The second-order valence-electron chi connectivity index (χ2n) is 8.42. The van der Waals surface area contributed by atoms with Crippen LogP contribution < -0.4 is 4.74 Å². The number of nitriles is 1. The number of imidazole rings is 1. The third-order valence-corrected chi connectivity index (χ3v) is 6.12. The van der Waals surface area contributed by atoms with E-state index in [4.69, 9.17) is 4.74 Å². The minimum Gasteiger partial charge on any atom is -0.484 e. The highest BCUT2D eigenvalue weighted by Crippen LogP contribution is 2.32. The van der Waals surface area contributed by atoms with Crippen LogP contribution in [-0.4, -0.2) is 66.3 Å². The predicted octanol–water partition coefficient (Wildman–Crippen LogP) is 2.20. The van der Waals surface area contributed by atoms with Crippen LogP contribution in [0.5, 0.6) is 5.75 Å². The van der Waals surface area contributed by atoms with Crippen molar-refractivity contribution in [3.63, 3.8) is 0 Å². The molecular formula is C23H22F2N8O2. The topological polar surface area (TPSA) is 116 Å². The Labute approximate surface area is 199 Å². The molecule has 180 valence electrons. The Hall–Kier alpha value is -3.95. The third kappa shape index (κ3) is 4.20. The molecule has 5 heterocycles. The fourth-order valence-corrected chi connectivity index (χ4v) is 4.34. The van der Waals surface area contributed by atoms with Gasteiger partial charge in [-0.05, 0) is 25.5 Å². The van der Waals surface area contributed by atoms with Crippen molar-refractivity contribution in [1.29, 1.82) is 5.26 Å². The first-order valence-electron chi connectivity index (χ1n) is 11.0. The average molecular weight is 480 g/mol. The fraction of sp³-hybridized carbons (Fsp3) is 0.348. The molecule has 2 atom stereocenters. The molecule has 2 aliphatic rings. The molecule has 1 unspecified atom stereocenters. The fourth-order valence-electron chi connectivity index (χ4n) is 4.34. The molecule has 1 fully saturated rings. The number of aryl methyl sites for hydroxylation is 1. The lowest BCUT2D eigenvalue weighted by atomic mass is 10.1. The smallest absolute Gasteiger partial charge is 0.202 e. The molecule has 1 saturated heterocycles. The first-order valence-corrected chi connectivity index (χ1v) is 11.0. The van der Waals surface area contributed by atoms with Crippen LogP contribution in [0, 0.1) is 36.8 Å². The Balaban J connectivity index is 1.25. The van der Waals surface area contributed by atoms with Gasteiger partial charge >= 0.3 is 0 Å². The molecule has 0 amide bonds. The van der Waals surface area contributed by atoms with Crippen LogP contribution in [0.4, 0.5) is 8.78 Å². The van der Waals surface area contributed by atoms with E-state index in [0.29, 0.717) is 42.4 Å². The van der Waals surface area contributed by atoms with Crippen LogP contribution in [0.1, 0.15) is 35.2 Å². The molecule has 10 nitrogen and oxygen atoms in total. The zero-order valence-corrected chi connectivity index (χ0v) is 19.0. The Morgan fingerprint density at radius 2 is 2.00 bits per heavy atom. The van der Waals surface area contributed by atoms with Crippen LogP contribution in [0.2, 0.25) is 0 Å². The Morgan fingerprint density at radius 1 is 1.20 bits per heavy atom. The summed E-state index contributed by atoms with van der Waals surface area (Å²) < 4.78 is 35.6. The van der Waals surface area contributed by atoms with E-state index in [1.165, 1.54) is 17.1 Å². The van der Waals surface area contributed by atoms with Gasteiger partial charge in [-0.3, -0.25) is 14.5 Å². The lowest BCUT2D eigenvalue weighted by Gasteiger charge is -2.44. The molecule has 1 N–H and O–H groups in total. The average Bonchev–Trinajstić information content (AvgIpc) is 3.41. The third-order valence-electron chi connectivity index (χ3n) is 6.12. The molecule has 0 bridgehead atoms. The van der Waals surface area contributed by atoms with Crippen LogP contribution in [0.3, 0.4) is 0 Å². The van der Waals surface area contributed by atoms with Crippen LogP contribution >= 0.6 is 0 Å². The summed E-state index contributed by atoms with van der Waals surface area (Å²) in [5, 5.41) is 25.8. The van der Waals surface area contributed by atoms with Crippen molar-refractivity contribution in [2.24, 2.45) is 5.10 Å².